The first-order valence-corrected chi connectivity index (χ1v) is 6.44. The summed E-state index contributed by atoms with van der Waals surface area (Å²) in [6.07, 6.45) is 9.74. The zero-order chi connectivity index (χ0) is 10.7. The number of nitrogens with zero attached hydrogens (tertiary/aromatic N) is 1. The van der Waals surface area contributed by atoms with E-state index in [2.05, 4.69) is 36.2 Å². The molecule has 0 bridgehead atoms. The number of likely N-dealkylation sites (tertiary alicyclic amines) is 1. The predicted octanol–water partition coefficient (Wildman–Crippen LogP) is 2.17. The smallest absolute Gasteiger partial charge is 0.0139 e. The Morgan fingerprint density at radius 1 is 1.27 bits per heavy atom. The molecule has 1 aliphatic heterocycles. The van der Waals surface area contributed by atoms with Gasteiger partial charge < -0.3 is 10.2 Å². The number of hydrogen-bond acceptors (Lipinski definition) is 2. The molecule has 2 rings (SSSR count). The lowest BCUT2D eigenvalue weighted by molar-refractivity contribution is 0.138. The van der Waals surface area contributed by atoms with E-state index in [-0.39, 0.29) is 0 Å². The van der Waals surface area contributed by atoms with Crippen LogP contribution < -0.4 is 5.32 Å². The Labute approximate surface area is 93.7 Å². The molecule has 0 aromatic heterocycles. The van der Waals surface area contributed by atoms with Crippen molar-refractivity contribution in [1.29, 1.82) is 0 Å². The van der Waals surface area contributed by atoms with E-state index >= 15 is 0 Å². The molecule has 0 spiro atoms. The molecule has 86 valence electrons. The van der Waals surface area contributed by atoms with Crippen LogP contribution in [0.25, 0.3) is 0 Å². The van der Waals surface area contributed by atoms with Crippen LogP contribution in [0.3, 0.4) is 0 Å². The summed E-state index contributed by atoms with van der Waals surface area (Å²) in [5.74, 6) is 0. The first-order chi connectivity index (χ1) is 7.29. The van der Waals surface area contributed by atoms with Gasteiger partial charge in [-0.1, -0.05) is 19.1 Å². The summed E-state index contributed by atoms with van der Waals surface area (Å²) in [4.78, 5) is 2.59. The van der Waals surface area contributed by atoms with Crippen molar-refractivity contribution in [3.8, 4) is 0 Å². The Kier molecular flexibility index (Phi) is 3.81. The highest BCUT2D eigenvalue weighted by Gasteiger charge is 2.25. The Morgan fingerprint density at radius 2 is 2.00 bits per heavy atom. The molecular formula is C13H24N2. The first kappa shape index (κ1) is 11.2. The topological polar surface area (TPSA) is 15.3 Å². The standard InChI is InChI=1S/C13H24N2/c1-3-15-9-8-13(10-11(15)2)14-12-6-4-5-7-12/h4-5,11-14H,3,6-10H2,1-2H3. The molecule has 1 aliphatic carbocycles. The summed E-state index contributed by atoms with van der Waals surface area (Å²) >= 11 is 0. The third kappa shape index (κ3) is 2.82. The Balaban J connectivity index is 1.75. The number of rotatable bonds is 3. The van der Waals surface area contributed by atoms with Crippen molar-refractivity contribution in [1.82, 2.24) is 10.2 Å². The van der Waals surface area contributed by atoms with E-state index in [1.54, 1.807) is 0 Å². The van der Waals surface area contributed by atoms with Gasteiger partial charge in [-0.25, -0.2) is 0 Å². The van der Waals surface area contributed by atoms with Crippen LogP contribution in [0.4, 0.5) is 0 Å². The highest BCUT2D eigenvalue weighted by atomic mass is 15.2. The van der Waals surface area contributed by atoms with E-state index in [1.165, 1.54) is 38.8 Å². The van der Waals surface area contributed by atoms with Gasteiger partial charge in [0, 0.05) is 18.1 Å². The number of nitrogens with one attached hydrogen (secondary N) is 1. The fraction of sp³-hybridized carbons (Fsp3) is 0.846. The van der Waals surface area contributed by atoms with Gasteiger partial charge in [-0.3, -0.25) is 0 Å². The normalized spacial score (nSPS) is 33.7. The monoisotopic (exact) mass is 208 g/mol. The zero-order valence-electron chi connectivity index (χ0n) is 10.1. The van der Waals surface area contributed by atoms with E-state index in [1.807, 2.05) is 0 Å². The molecule has 1 fully saturated rings. The van der Waals surface area contributed by atoms with Gasteiger partial charge in [0.1, 0.15) is 0 Å². The molecule has 2 aliphatic rings. The van der Waals surface area contributed by atoms with E-state index in [4.69, 9.17) is 0 Å². The van der Waals surface area contributed by atoms with Crippen LogP contribution in [-0.4, -0.2) is 36.1 Å². The average molecular weight is 208 g/mol. The molecule has 2 unspecified atom stereocenters. The van der Waals surface area contributed by atoms with Gasteiger partial charge in [0.25, 0.3) is 0 Å². The molecular weight excluding hydrogens is 184 g/mol. The van der Waals surface area contributed by atoms with E-state index in [9.17, 15) is 0 Å². The van der Waals surface area contributed by atoms with Crippen LogP contribution >= 0.6 is 0 Å². The highest BCUT2D eigenvalue weighted by molar-refractivity contribution is 4.99. The van der Waals surface area contributed by atoms with Gasteiger partial charge in [0.2, 0.25) is 0 Å². The van der Waals surface area contributed by atoms with Crippen LogP contribution in [0.5, 0.6) is 0 Å². The fourth-order valence-corrected chi connectivity index (χ4v) is 2.93. The second kappa shape index (κ2) is 5.13. The maximum absolute atomic E-state index is 3.80. The SMILES string of the molecule is CCN1CCC(NC2CC=CC2)CC1C. The van der Waals surface area contributed by atoms with Gasteiger partial charge in [-0.15, -0.1) is 0 Å². The molecule has 2 nitrogen and oxygen atoms in total. The predicted molar refractivity (Wildman–Crippen MR) is 65.0 cm³/mol. The van der Waals surface area contributed by atoms with Gasteiger partial charge in [0.05, 0.1) is 0 Å². The van der Waals surface area contributed by atoms with Gasteiger partial charge >= 0.3 is 0 Å². The molecule has 0 aromatic rings. The summed E-state index contributed by atoms with van der Waals surface area (Å²) in [6.45, 7) is 7.11. The van der Waals surface area contributed by atoms with Crippen LogP contribution in [0.15, 0.2) is 12.2 Å². The van der Waals surface area contributed by atoms with Crippen LogP contribution in [0.2, 0.25) is 0 Å². The lowest BCUT2D eigenvalue weighted by Gasteiger charge is -2.38. The largest absolute Gasteiger partial charge is 0.311 e. The molecule has 2 atom stereocenters. The van der Waals surface area contributed by atoms with Gasteiger partial charge in [0.15, 0.2) is 0 Å². The maximum Gasteiger partial charge on any atom is 0.0139 e. The first-order valence-electron chi connectivity index (χ1n) is 6.44. The third-order valence-electron chi connectivity index (χ3n) is 3.90. The molecule has 1 N–H and O–H groups in total. The Morgan fingerprint density at radius 3 is 2.60 bits per heavy atom. The number of piperidine rings is 1. The summed E-state index contributed by atoms with van der Waals surface area (Å²) in [7, 11) is 0. The minimum Gasteiger partial charge on any atom is -0.311 e. The summed E-state index contributed by atoms with van der Waals surface area (Å²) in [5, 5.41) is 3.80. The van der Waals surface area contributed by atoms with E-state index in [0.29, 0.717) is 0 Å². The van der Waals surface area contributed by atoms with E-state index in [0.717, 1.165) is 18.1 Å². The second-order valence-corrected chi connectivity index (χ2v) is 5.01. The van der Waals surface area contributed by atoms with Crippen molar-refractivity contribution in [2.75, 3.05) is 13.1 Å². The van der Waals surface area contributed by atoms with Gasteiger partial charge in [-0.2, -0.15) is 0 Å². The minimum atomic E-state index is 0.732. The van der Waals surface area contributed by atoms with Crippen molar-refractivity contribution in [3.63, 3.8) is 0 Å². The third-order valence-corrected chi connectivity index (χ3v) is 3.90. The van der Waals surface area contributed by atoms with Crippen molar-refractivity contribution in [3.05, 3.63) is 12.2 Å². The van der Waals surface area contributed by atoms with Crippen molar-refractivity contribution >= 4 is 0 Å². The zero-order valence-corrected chi connectivity index (χ0v) is 10.1. The van der Waals surface area contributed by atoms with Crippen molar-refractivity contribution < 1.29 is 0 Å². The molecule has 0 aromatic carbocycles. The summed E-state index contributed by atoms with van der Waals surface area (Å²) < 4.78 is 0. The molecule has 0 saturated carbocycles. The second-order valence-electron chi connectivity index (χ2n) is 5.01. The fourth-order valence-electron chi connectivity index (χ4n) is 2.93. The lowest BCUT2D eigenvalue weighted by Crippen LogP contribution is -2.49. The molecule has 1 heterocycles. The quantitative estimate of drug-likeness (QED) is 0.715. The van der Waals surface area contributed by atoms with E-state index < -0.39 is 0 Å². The van der Waals surface area contributed by atoms with Crippen molar-refractivity contribution in [2.45, 2.75) is 57.7 Å². The molecule has 0 radical (unpaired) electrons. The molecule has 0 amide bonds. The Bertz CT molecular complexity index is 217. The maximum atomic E-state index is 3.80. The molecule has 2 heteroatoms. The lowest BCUT2D eigenvalue weighted by atomic mass is 9.97. The number of hydrogen-bond donors (Lipinski definition) is 1. The summed E-state index contributed by atoms with van der Waals surface area (Å²) in [6, 6.07) is 2.25. The van der Waals surface area contributed by atoms with Crippen molar-refractivity contribution in [2.24, 2.45) is 0 Å². The minimum absolute atomic E-state index is 0.732. The molecule has 1 saturated heterocycles. The van der Waals surface area contributed by atoms with Gasteiger partial charge in [-0.05, 0) is 45.7 Å². The summed E-state index contributed by atoms with van der Waals surface area (Å²) in [5.41, 5.74) is 0. The van der Waals surface area contributed by atoms with Crippen LogP contribution in [0.1, 0.15) is 39.5 Å². The van der Waals surface area contributed by atoms with Crippen LogP contribution in [-0.2, 0) is 0 Å². The average Bonchev–Trinajstić information content (AvgIpc) is 2.71. The molecule has 15 heavy (non-hydrogen) atoms. The highest BCUT2D eigenvalue weighted by Crippen LogP contribution is 2.19. The Hall–Kier alpha value is -0.340. The van der Waals surface area contributed by atoms with Crippen LogP contribution in [0, 0.1) is 0 Å².